The summed E-state index contributed by atoms with van der Waals surface area (Å²) < 4.78 is 0. The van der Waals surface area contributed by atoms with Gasteiger partial charge in [-0.05, 0) is 24.5 Å². The molecule has 0 amide bonds. The molecule has 0 bridgehead atoms. The molecule has 0 spiro atoms. The molecule has 4 nitrogen and oxygen atoms in total. The molecule has 1 aromatic rings. The van der Waals surface area contributed by atoms with E-state index in [1.54, 1.807) is 6.07 Å². The molecule has 0 unspecified atom stereocenters. The van der Waals surface area contributed by atoms with Crippen molar-refractivity contribution in [2.45, 2.75) is 32.3 Å². The van der Waals surface area contributed by atoms with Crippen LogP contribution in [0.15, 0.2) is 12.1 Å². The Morgan fingerprint density at radius 2 is 2.00 bits per heavy atom. The first kappa shape index (κ1) is 12.8. The standard InChI is InChI=1S/C12H19NO3/c1-2-3-4-9-8(11(15)7-13)5-6-10(14)12(9)16/h5-6,11,14-16H,2-4,7,13H2,1H3/t11-/m1/s1. The highest BCUT2D eigenvalue weighted by atomic mass is 16.3. The number of aliphatic hydroxyl groups is 1. The monoisotopic (exact) mass is 225 g/mol. The Balaban J connectivity index is 3.10. The van der Waals surface area contributed by atoms with Gasteiger partial charge in [0.15, 0.2) is 11.5 Å². The molecule has 0 aliphatic heterocycles. The summed E-state index contributed by atoms with van der Waals surface area (Å²) >= 11 is 0. The van der Waals surface area contributed by atoms with Crippen molar-refractivity contribution in [2.24, 2.45) is 5.73 Å². The third kappa shape index (κ3) is 2.65. The Bertz CT molecular complexity index is 352. The molecule has 1 rings (SSSR count). The summed E-state index contributed by atoms with van der Waals surface area (Å²) in [6, 6.07) is 2.98. The Kier molecular flexibility index (Phi) is 4.58. The number of benzene rings is 1. The second kappa shape index (κ2) is 5.72. The minimum absolute atomic E-state index is 0.101. The van der Waals surface area contributed by atoms with Crippen LogP contribution in [-0.2, 0) is 6.42 Å². The van der Waals surface area contributed by atoms with Crippen LogP contribution in [0.3, 0.4) is 0 Å². The van der Waals surface area contributed by atoms with Gasteiger partial charge in [0.1, 0.15) is 0 Å². The molecule has 5 N–H and O–H groups in total. The molecule has 0 heterocycles. The van der Waals surface area contributed by atoms with Gasteiger partial charge in [0.25, 0.3) is 0 Å². The van der Waals surface area contributed by atoms with Gasteiger partial charge in [-0.1, -0.05) is 19.4 Å². The van der Waals surface area contributed by atoms with E-state index in [0.717, 1.165) is 12.8 Å². The molecule has 0 saturated heterocycles. The third-order valence-electron chi connectivity index (χ3n) is 2.66. The third-order valence-corrected chi connectivity index (χ3v) is 2.66. The number of hydrogen-bond donors (Lipinski definition) is 4. The summed E-state index contributed by atoms with van der Waals surface area (Å²) in [6.45, 7) is 2.14. The summed E-state index contributed by atoms with van der Waals surface area (Å²) in [5, 5.41) is 28.9. The molecule has 16 heavy (non-hydrogen) atoms. The molecule has 1 atom stereocenters. The zero-order chi connectivity index (χ0) is 12.1. The topological polar surface area (TPSA) is 86.7 Å². The van der Waals surface area contributed by atoms with Crippen molar-refractivity contribution < 1.29 is 15.3 Å². The van der Waals surface area contributed by atoms with Crippen LogP contribution in [0.25, 0.3) is 0 Å². The van der Waals surface area contributed by atoms with Gasteiger partial charge in [-0.3, -0.25) is 0 Å². The fraction of sp³-hybridized carbons (Fsp3) is 0.500. The number of rotatable bonds is 5. The minimum atomic E-state index is -0.793. The number of aliphatic hydroxyl groups excluding tert-OH is 1. The number of unbranched alkanes of at least 4 members (excludes halogenated alkanes) is 1. The maximum Gasteiger partial charge on any atom is 0.161 e. The predicted molar refractivity (Wildman–Crippen MR) is 62.4 cm³/mol. The first-order valence-corrected chi connectivity index (χ1v) is 5.53. The highest BCUT2D eigenvalue weighted by Crippen LogP contribution is 2.34. The minimum Gasteiger partial charge on any atom is -0.504 e. The van der Waals surface area contributed by atoms with E-state index in [1.165, 1.54) is 6.07 Å². The summed E-state index contributed by atoms with van der Waals surface area (Å²) in [5.74, 6) is -0.294. The normalized spacial score (nSPS) is 12.7. The molecule has 0 aliphatic rings. The largest absolute Gasteiger partial charge is 0.504 e. The highest BCUT2D eigenvalue weighted by molar-refractivity contribution is 5.49. The van der Waals surface area contributed by atoms with E-state index in [4.69, 9.17) is 5.73 Å². The lowest BCUT2D eigenvalue weighted by Gasteiger charge is -2.16. The Labute approximate surface area is 95.3 Å². The van der Waals surface area contributed by atoms with E-state index in [-0.39, 0.29) is 18.0 Å². The van der Waals surface area contributed by atoms with Crippen LogP contribution in [0.1, 0.15) is 37.0 Å². The Morgan fingerprint density at radius 3 is 2.56 bits per heavy atom. The van der Waals surface area contributed by atoms with Crippen molar-refractivity contribution in [1.82, 2.24) is 0 Å². The van der Waals surface area contributed by atoms with E-state index >= 15 is 0 Å². The van der Waals surface area contributed by atoms with Crippen molar-refractivity contribution in [2.75, 3.05) is 6.54 Å². The first-order chi connectivity index (χ1) is 7.61. The van der Waals surface area contributed by atoms with Crippen LogP contribution in [0.2, 0.25) is 0 Å². The Morgan fingerprint density at radius 1 is 1.31 bits per heavy atom. The first-order valence-electron chi connectivity index (χ1n) is 5.53. The zero-order valence-electron chi connectivity index (χ0n) is 9.48. The summed E-state index contributed by atoms with van der Waals surface area (Å²) in [4.78, 5) is 0. The Hall–Kier alpha value is -1.26. The van der Waals surface area contributed by atoms with Crippen LogP contribution in [0.5, 0.6) is 11.5 Å². The summed E-state index contributed by atoms with van der Waals surface area (Å²) in [5.41, 5.74) is 6.60. The van der Waals surface area contributed by atoms with E-state index in [0.29, 0.717) is 17.5 Å². The highest BCUT2D eigenvalue weighted by Gasteiger charge is 2.16. The van der Waals surface area contributed by atoms with E-state index in [1.807, 2.05) is 6.92 Å². The van der Waals surface area contributed by atoms with Crippen molar-refractivity contribution in [3.05, 3.63) is 23.3 Å². The van der Waals surface area contributed by atoms with E-state index in [2.05, 4.69) is 0 Å². The average molecular weight is 225 g/mol. The number of phenolic OH excluding ortho intramolecular Hbond substituents is 2. The molecule has 4 heteroatoms. The molecule has 0 aromatic heterocycles. The van der Waals surface area contributed by atoms with Gasteiger partial charge in [0.2, 0.25) is 0 Å². The lowest BCUT2D eigenvalue weighted by Crippen LogP contribution is -2.13. The van der Waals surface area contributed by atoms with Crippen molar-refractivity contribution in [3.63, 3.8) is 0 Å². The van der Waals surface area contributed by atoms with E-state index in [9.17, 15) is 15.3 Å². The lowest BCUT2D eigenvalue weighted by atomic mass is 9.96. The molecule has 1 aromatic carbocycles. The molecule has 0 aliphatic carbocycles. The maximum atomic E-state index is 9.75. The van der Waals surface area contributed by atoms with Crippen LogP contribution in [0, 0.1) is 0 Å². The number of aromatic hydroxyl groups is 2. The average Bonchev–Trinajstić information content (AvgIpc) is 2.30. The smallest absolute Gasteiger partial charge is 0.161 e. The van der Waals surface area contributed by atoms with Gasteiger partial charge in [0.05, 0.1) is 6.10 Å². The quantitative estimate of drug-likeness (QED) is 0.571. The molecule has 0 fully saturated rings. The maximum absolute atomic E-state index is 9.75. The van der Waals surface area contributed by atoms with Gasteiger partial charge in [-0.15, -0.1) is 0 Å². The molecular weight excluding hydrogens is 206 g/mol. The number of hydrogen-bond acceptors (Lipinski definition) is 4. The molecular formula is C12H19NO3. The second-order valence-corrected chi connectivity index (χ2v) is 3.86. The van der Waals surface area contributed by atoms with Gasteiger partial charge in [-0.25, -0.2) is 0 Å². The van der Waals surface area contributed by atoms with Crippen molar-refractivity contribution >= 4 is 0 Å². The number of phenols is 2. The lowest BCUT2D eigenvalue weighted by molar-refractivity contribution is 0.185. The van der Waals surface area contributed by atoms with Crippen LogP contribution < -0.4 is 5.73 Å². The van der Waals surface area contributed by atoms with Gasteiger partial charge in [-0.2, -0.15) is 0 Å². The molecule has 90 valence electrons. The van der Waals surface area contributed by atoms with Crippen LogP contribution >= 0.6 is 0 Å². The van der Waals surface area contributed by atoms with Crippen molar-refractivity contribution in [3.8, 4) is 11.5 Å². The molecule has 0 radical (unpaired) electrons. The second-order valence-electron chi connectivity index (χ2n) is 3.86. The molecule has 0 saturated carbocycles. The predicted octanol–water partition coefficient (Wildman–Crippen LogP) is 1.43. The van der Waals surface area contributed by atoms with Gasteiger partial charge >= 0.3 is 0 Å². The van der Waals surface area contributed by atoms with Crippen LogP contribution in [0.4, 0.5) is 0 Å². The van der Waals surface area contributed by atoms with Crippen molar-refractivity contribution in [1.29, 1.82) is 0 Å². The summed E-state index contributed by atoms with van der Waals surface area (Å²) in [7, 11) is 0. The zero-order valence-corrected chi connectivity index (χ0v) is 9.48. The van der Waals surface area contributed by atoms with E-state index < -0.39 is 6.10 Å². The van der Waals surface area contributed by atoms with Gasteiger partial charge in [0, 0.05) is 12.1 Å². The van der Waals surface area contributed by atoms with Gasteiger partial charge < -0.3 is 21.1 Å². The number of nitrogens with two attached hydrogens (primary N) is 1. The van der Waals surface area contributed by atoms with Crippen LogP contribution in [-0.4, -0.2) is 21.9 Å². The fourth-order valence-electron chi connectivity index (χ4n) is 1.70. The summed E-state index contributed by atoms with van der Waals surface area (Å²) in [6.07, 6.45) is 1.70. The SMILES string of the molecule is CCCCc1c([C@H](O)CN)ccc(O)c1O. The fourth-order valence-corrected chi connectivity index (χ4v) is 1.70.